The molecular weight excluding hydrogens is 382 g/mol. The maximum atomic E-state index is 13.6. The Bertz CT molecular complexity index is 1220. The molecule has 1 saturated heterocycles. The van der Waals surface area contributed by atoms with Gasteiger partial charge in [0.1, 0.15) is 4.90 Å². The van der Waals surface area contributed by atoms with Crippen LogP contribution >= 0.6 is 0 Å². The van der Waals surface area contributed by atoms with Crippen molar-refractivity contribution in [3.63, 3.8) is 0 Å². The third kappa shape index (κ3) is 3.58. The number of sulfone groups is 1. The number of anilines is 1. The Balaban J connectivity index is 1.96. The highest BCUT2D eigenvalue weighted by Crippen LogP contribution is 2.38. The Kier molecular flexibility index (Phi) is 5.01. The molecule has 0 bridgehead atoms. The number of fused-ring (bicyclic) bond motifs is 1. The van der Waals surface area contributed by atoms with Crippen LogP contribution in [0.2, 0.25) is 0 Å². The quantitative estimate of drug-likeness (QED) is 0.642. The molecule has 0 aliphatic carbocycles. The first-order valence-corrected chi connectivity index (χ1v) is 11.3. The highest BCUT2D eigenvalue weighted by atomic mass is 32.2. The van der Waals surface area contributed by atoms with Crippen molar-refractivity contribution in [2.75, 3.05) is 18.0 Å². The third-order valence-electron chi connectivity index (χ3n) is 5.62. The average Bonchev–Trinajstić information content (AvgIpc) is 2.73. The lowest BCUT2D eigenvalue weighted by Crippen LogP contribution is -2.34. The van der Waals surface area contributed by atoms with Gasteiger partial charge in [-0.3, -0.25) is 4.98 Å². The zero-order chi connectivity index (χ0) is 20.6. The second-order valence-electron chi connectivity index (χ2n) is 7.80. The smallest absolute Gasteiger partial charge is 0.210 e. The normalized spacial score (nSPS) is 15.4. The molecule has 1 aliphatic rings. The molecule has 1 fully saturated rings. The first-order valence-electron chi connectivity index (χ1n) is 9.79. The van der Waals surface area contributed by atoms with E-state index >= 15 is 0 Å². The van der Waals surface area contributed by atoms with Gasteiger partial charge in [0.05, 0.1) is 27.7 Å². The minimum absolute atomic E-state index is 0.122. The molecular formula is C23H23N3O2S. The minimum atomic E-state index is -3.82. The Morgan fingerprint density at radius 1 is 1.14 bits per heavy atom. The van der Waals surface area contributed by atoms with Crippen molar-refractivity contribution in [2.24, 2.45) is 5.92 Å². The van der Waals surface area contributed by atoms with Gasteiger partial charge in [-0.05, 0) is 56.0 Å². The molecule has 0 radical (unpaired) electrons. The Hall–Kier alpha value is -2.91. The van der Waals surface area contributed by atoms with Gasteiger partial charge in [0.15, 0.2) is 0 Å². The topological polar surface area (TPSA) is 74.1 Å². The zero-order valence-corrected chi connectivity index (χ0v) is 17.4. The van der Waals surface area contributed by atoms with Crippen LogP contribution in [0.15, 0.2) is 58.5 Å². The van der Waals surface area contributed by atoms with Crippen LogP contribution in [-0.2, 0) is 9.84 Å². The summed E-state index contributed by atoms with van der Waals surface area (Å²) in [6, 6.07) is 14.1. The predicted molar refractivity (Wildman–Crippen MR) is 114 cm³/mol. The van der Waals surface area contributed by atoms with Crippen LogP contribution in [0.1, 0.15) is 30.9 Å². The van der Waals surface area contributed by atoms with Gasteiger partial charge >= 0.3 is 0 Å². The van der Waals surface area contributed by atoms with Crippen molar-refractivity contribution in [2.45, 2.75) is 36.5 Å². The lowest BCUT2D eigenvalue weighted by molar-refractivity contribution is 0.437. The van der Waals surface area contributed by atoms with Crippen LogP contribution in [0, 0.1) is 24.2 Å². The SMILES string of the molecule is Cc1ccc2ncc(S(=O)(=O)c3cccc(C#N)c3)c(N3CCC(C)CC3)c2c1. The molecule has 0 N–H and O–H groups in total. The standard InChI is InChI=1S/C23H23N3O2S/c1-16-8-10-26(11-9-16)23-20-12-17(2)6-7-21(20)25-15-22(23)29(27,28)19-5-3-4-18(13-19)14-24/h3-7,12-13,15-16H,8-11H2,1-2H3. The van der Waals surface area contributed by atoms with E-state index in [2.05, 4.69) is 16.8 Å². The highest BCUT2D eigenvalue weighted by Gasteiger charge is 2.28. The second-order valence-corrected chi connectivity index (χ2v) is 9.72. The third-order valence-corrected chi connectivity index (χ3v) is 7.38. The molecule has 29 heavy (non-hydrogen) atoms. The molecule has 4 rings (SSSR count). The molecule has 148 valence electrons. The molecule has 0 atom stereocenters. The fraction of sp³-hybridized carbons (Fsp3) is 0.304. The molecule has 0 amide bonds. The summed E-state index contributed by atoms with van der Waals surface area (Å²) in [7, 11) is -3.82. The fourth-order valence-electron chi connectivity index (χ4n) is 3.89. The summed E-state index contributed by atoms with van der Waals surface area (Å²) in [6.45, 7) is 5.86. The Morgan fingerprint density at radius 2 is 1.90 bits per heavy atom. The highest BCUT2D eigenvalue weighted by molar-refractivity contribution is 7.91. The van der Waals surface area contributed by atoms with Crippen LogP contribution in [0.5, 0.6) is 0 Å². The van der Waals surface area contributed by atoms with Crippen LogP contribution in [0.25, 0.3) is 10.9 Å². The van der Waals surface area contributed by atoms with Crippen molar-refractivity contribution in [1.29, 1.82) is 5.26 Å². The number of nitrogens with zero attached hydrogens (tertiary/aromatic N) is 3. The molecule has 3 aromatic rings. The van der Waals surface area contributed by atoms with E-state index in [0.29, 0.717) is 11.5 Å². The van der Waals surface area contributed by atoms with Crippen molar-refractivity contribution < 1.29 is 8.42 Å². The lowest BCUT2D eigenvalue weighted by atomic mass is 9.98. The molecule has 0 saturated carbocycles. The first-order chi connectivity index (χ1) is 13.9. The van der Waals surface area contributed by atoms with Crippen molar-refractivity contribution in [1.82, 2.24) is 4.98 Å². The van der Waals surface area contributed by atoms with Gasteiger partial charge in [-0.25, -0.2) is 8.42 Å². The van der Waals surface area contributed by atoms with Gasteiger partial charge in [0.2, 0.25) is 9.84 Å². The van der Waals surface area contributed by atoms with E-state index in [1.54, 1.807) is 18.2 Å². The van der Waals surface area contributed by atoms with Gasteiger partial charge in [-0.2, -0.15) is 5.26 Å². The largest absolute Gasteiger partial charge is 0.370 e. The summed E-state index contributed by atoms with van der Waals surface area (Å²) >= 11 is 0. The van der Waals surface area contributed by atoms with E-state index in [1.807, 2.05) is 31.2 Å². The maximum absolute atomic E-state index is 13.6. The molecule has 0 unspecified atom stereocenters. The summed E-state index contributed by atoms with van der Waals surface area (Å²) in [5.74, 6) is 0.633. The van der Waals surface area contributed by atoms with Crippen LogP contribution in [0.3, 0.4) is 0 Å². The molecule has 6 heteroatoms. The van der Waals surface area contributed by atoms with Crippen molar-refractivity contribution >= 4 is 26.4 Å². The summed E-state index contributed by atoms with van der Waals surface area (Å²) < 4.78 is 27.2. The van der Waals surface area contributed by atoms with Gasteiger partial charge in [-0.1, -0.05) is 24.6 Å². The second kappa shape index (κ2) is 7.49. The fourth-order valence-corrected chi connectivity index (χ4v) is 5.37. The summed E-state index contributed by atoms with van der Waals surface area (Å²) in [5, 5.41) is 10.0. The summed E-state index contributed by atoms with van der Waals surface area (Å²) in [5.41, 5.74) is 2.90. The molecule has 2 aromatic carbocycles. The zero-order valence-electron chi connectivity index (χ0n) is 16.6. The number of hydrogen-bond acceptors (Lipinski definition) is 5. The Labute approximate surface area is 171 Å². The number of aryl methyl sites for hydroxylation is 1. The van der Waals surface area contributed by atoms with Crippen LogP contribution in [-0.4, -0.2) is 26.5 Å². The number of aromatic nitrogens is 1. The first kappa shape index (κ1) is 19.4. The van der Waals surface area contributed by atoms with Crippen molar-refractivity contribution in [3.05, 3.63) is 59.8 Å². The van der Waals surface area contributed by atoms with E-state index in [-0.39, 0.29) is 9.79 Å². The predicted octanol–water partition coefficient (Wildman–Crippen LogP) is 4.48. The van der Waals surface area contributed by atoms with Crippen molar-refractivity contribution in [3.8, 4) is 6.07 Å². The summed E-state index contributed by atoms with van der Waals surface area (Å²) in [6.07, 6.45) is 3.53. The van der Waals surface area contributed by atoms with E-state index in [9.17, 15) is 13.7 Å². The van der Waals surface area contributed by atoms with E-state index in [4.69, 9.17) is 0 Å². The van der Waals surface area contributed by atoms with Gasteiger partial charge in [0.25, 0.3) is 0 Å². The van der Waals surface area contributed by atoms with E-state index < -0.39 is 9.84 Å². The van der Waals surface area contributed by atoms with Gasteiger partial charge in [-0.15, -0.1) is 0 Å². The monoisotopic (exact) mass is 405 g/mol. The number of pyridine rings is 1. The number of piperidine rings is 1. The van der Waals surface area contributed by atoms with Crippen LogP contribution < -0.4 is 4.90 Å². The molecule has 2 heterocycles. The van der Waals surface area contributed by atoms with E-state index in [1.165, 1.54) is 12.3 Å². The number of nitriles is 1. The molecule has 0 spiro atoms. The van der Waals surface area contributed by atoms with Crippen LogP contribution in [0.4, 0.5) is 5.69 Å². The maximum Gasteiger partial charge on any atom is 0.210 e. The van der Waals surface area contributed by atoms with Gasteiger partial charge < -0.3 is 4.90 Å². The number of rotatable bonds is 3. The minimum Gasteiger partial charge on any atom is -0.370 e. The average molecular weight is 406 g/mol. The number of hydrogen-bond donors (Lipinski definition) is 0. The molecule has 5 nitrogen and oxygen atoms in total. The summed E-state index contributed by atoms with van der Waals surface area (Å²) in [4.78, 5) is 6.97. The van der Waals surface area contributed by atoms with Gasteiger partial charge in [0, 0.05) is 24.7 Å². The lowest BCUT2D eigenvalue weighted by Gasteiger charge is -2.34. The van der Waals surface area contributed by atoms with E-state index in [0.717, 1.165) is 48.1 Å². The Morgan fingerprint density at radius 3 is 2.62 bits per heavy atom. The molecule has 1 aromatic heterocycles. The molecule has 1 aliphatic heterocycles. The number of benzene rings is 2.